The van der Waals surface area contributed by atoms with Crippen LogP contribution in [0.1, 0.15) is 6.42 Å². The highest BCUT2D eigenvalue weighted by Gasteiger charge is 2.19. The van der Waals surface area contributed by atoms with Crippen molar-refractivity contribution in [2.75, 3.05) is 18.1 Å². The van der Waals surface area contributed by atoms with Crippen molar-refractivity contribution in [2.24, 2.45) is 7.05 Å². The Morgan fingerprint density at radius 3 is 2.43 bits per heavy atom. The molecule has 0 saturated heterocycles. The van der Waals surface area contributed by atoms with Crippen LogP contribution in [0.15, 0.2) is 49.1 Å². The van der Waals surface area contributed by atoms with E-state index in [1.54, 1.807) is 4.68 Å². The van der Waals surface area contributed by atoms with Crippen LogP contribution in [0.5, 0.6) is 5.75 Å². The van der Waals surface area contributed by atoms with Crippen molar-refractivity contribution in [2.45, 2.75) is 13.0 Å². The van der Waals surface area contributed by atoms with Gasteiger partial charge in [-0.2, -0.15) is 10.2 Å². The van der Waals surface area contributed by atoms with Gasteiger partial charge in [-0.25, -0.2) is 29.3 Å². The lowest BCUT2D eigenvalue weighted by molar-refractivity contribution is 0.300. The van der Waals surface area contributed by atoms with E-state index in [0.717, 1.165) is 32.7 Å². The number of nitrogens with two attached hydrogens (primary N) is 2. The highest BCUT2D eigenvalue weighted by molar-refractivity contribution is 7.19. The molecule has 1 aromatic carbocycles. The fraction of sp³-hybridized carbons (Fsp3) is 0.167. The number of anilines is 2. The summed E-state index contributed by atoms with van der Waals surface area (Å²) in [7, 11) is 1.83. The Bertz CT molecular complexity index is 1760. The molecule has 4 N–H and O–H groups in total. The van der Waals surface area contributed by atoms with Crippen LogP contribution >= 0.6 is 22.9 Å². The number of ether oxygens (including phenoxy) is 1. The van der Waals surface area contributed by atoms with Crippen LogP contribution in [0.3, 0.4) is 0 Å². The standard InChI is InChI=1S/C24H21ClN10OS/c1-34-23-17(21(26)28-11-30-23)19(32-34)13-4-2-5-14(10-13)36-9-3-8-35-24-18(22(27)29-12-31-24)20(33-35)15-6-7-16(25)37-15/h2,4-7,10-12H,3,8-9H2,1H3,(H2,26,28,30)(H2,27,29,31). The van der Waals surface area contributed by atoms with Gasteiger partial charge >= 0.3 is 0 Å². The molecule has 11 nitrogen and oxygen atoms in total. The maximum absolute atomic E-state index is 6.17. The second-order valence-electron chi connectivity index (χ2n) is 8.29. The smallest absolute Gasteiger partial charge is 0.163 e. The number of nitrogen functional groups attached to an aromatic ring is 2. The highest BCUT2D eigenvalue weighted by atomic mass is 35.5. The highest BCUT2D eigenvalue weighted by Crippen LogP contribution is 2.36. The van der Waals surface area contributed by atoms with E-state index in [1.165, 1.54) is 24.0 Å². The zero-order valence-corrected chi connectivity index (χ0v) is 21.2. The third-order valence-electron chi connectivity index (χ3n) is 5.91. The predicted molar refractivity (Wildman–Crippen MR) is 144 cm³/mol. The average Bonchev–Trinajstić information content (AvgIpc) is 3.59. The zero-order chi connectivity index (χ0) is 25.5. The van der Waals surface area contributed by atoms with Gasteiger partial charge < -0.3 is 16.2 Å². The van der Waals surface area contributed by atoms with Crippen LogP contribution in [-0.2, 0) is 13.6 Å². The molecular formula is C24H21ClN10OS. The van der Waals surface area contributed by atoms with Gasteiger partial charge in [-0.1, -0.05) is 23.7 Å². The minimum absolute atomic E-state index is 0.386. The van der Waals surface area contributed by atoms with Gasteiger partial charge in [0.1, 0.15) is 41.4 Å². The lowest BCUT2D eigenvalue weighted by Crippen LogP contribution is -2.07. The van der Waals surface area contributed by atoms with Crippen molar-refractivity contribution < 1.29 is 4.74 Å². The second kappa shape index (κ2) is 9.30. The summed E-state index contributed by atoms with van der Waals surface area (Å²) in [5, 5.41) is 10.8. The molecule has 0 bridgehead atoms. The minimum atomic E-state index is 0.386. The number of hydrogen-bond acceptors (Lipinski definition) is 10. The van der Waals surface area contributed by atoms with E-state index < -0.39 is 0 Å². The second-order valence-corrected chi connectivity index (χ2v) is 10.0. The van der Waals surface area contributed by atoms with Gasteiger partial charge in [-0.05, 0) is 24.3 Å². The van der Waals surface area contributed by atoms with Crippen molar-refractivity contribution in [1.29, 1.82) is 0 Å². The molecule has 0 aliphatic carbocycles. The molecule has 6 aromatic rings. The molecule has 0 aliphatic heterocycles. The van der Waals surface area contributed by atoms with Crippen LogP contribution in [0.4, 0.5) is 11.6 Å². The number of halogens is 1. The van der Waals surface area contributed by atoms with Gasteiger partial charge in [0.05, 0.1) is 26.6 Å². The Kier molecular flexibility index (Phi) is 5.81. The number of fused-ring (bicyclic) bond motifs is 2. The molecule has 186 valence electrons. The number of rotatable bonds is 7. The Hall–Kier alpha value is -4.29. The Balaban J connectivity index is 1.19. The quantitative estimate of drug-likeness (QED) is 0.288. The summed E-state index contributed by atoms with van der Waals surface area (Å²) in [5.74, 6) is 1.49. The average molecular weight is 533 g/mol. The first-order chi connectivity index (χ1) is 18.0. The zero-order valence-electron chi connectivity index (χ0n) is 19.7. The molecule has 0 fully saturated rings. The van der Waals surface area contributed by atoms with Gasteiger partial charge in [0.2, 0.25) is 0 Å². The number of hydrogen-bond donors (Lipinski definition) is 2. The Labute approximate surface area is 219 Å². The van der Waals surface area contributed by atoms with E-state index in [4.69, 9.17) is 32.9 Å². The van der Waals surface area contributed by atoms with Gasteiger partial charge in [-0.15, -0.1) is 11.3 Å². The third-order valence-corrected chi connectivity index (χ3v) is 7.14. The molecule has 0 atom stereocenters. The van der Waals surface area contributed by atoms with Gasteiger partial charge in [0.25, 0.3) is 0 Å². The van der Waals surface area contributed by atoms with E-state index in [2.05, 4.69) is 25.0 Å². The SMILES string of the molecule is Cn1nc(-c2cccc(OCCCn3nc(-c4ccc(Cl)s4)c4c(N)ncnc43)c2)c2c(N)ncnc21. The summed E-state index contributed by atoms with van der Waals surface area (Å²) in [6.45, 7) is 1.06. The van der Waals surface area contributed by atoms with Gasteiger partial charge in [0, 0.05) is 25.6 Å². The van der Waals surface area contributed by atoms with E-state index in [-0.39, 0.29) is 0 Å². The maximum atomic E-state index is 6.17. The first-order valence-corrected chi connectivity index (χ1v) is 12.6. The van der Waals surface area contributed by atoms with Crippen LogP contribution < -0.4 is 16.2 Å². The summed E-state index contributed by atoms with van der Waals surface area (Å²) in [5.41, 5.74) is 16.0. The lowest BCUT2D eigenvalue weighted by Gasteiger charge is -2.08. The summed E-state index contributed by atoms with van der Waals surface area (Å²) in [6.07, 6.45) is 3.58. The summed E-state index contributed by atoms with van der Waals surface area (Å²) >= 11 is 7.58. The molecule has 0 unspecified atom stereocenters. The van der Waals surface area contributed by atoms with E-state index in [1.807, 2.05) is 48.1 Å². The van der Waals surface area contributed by atoms with Crippen molar-refractivity contribution >= 4 is 56.6 Å². The van der Waals surface area contributed by atoms with E-state index >= 15 is 0 Å². The fourth-order valence-corrected chi connectivity index (χ4v) is 5.28. The van der Waals surface area contributed by atoms with Gasteiger partial charge in [0.15, 0.2) is 11.3 Å². The molecule has 5 heterocycles. The number of aromatic nitrogens is 8. The molecule has 0 spiro atoms. The van der Waals surface area contributed by atoms with E-state index in [0.29, 0.717) is 52.5 Å². The molecule has 37 heavy (non-hydrogen) atoms. The number of aryl methyl sites for hydroxylation is 2. The third kappa shape index (κ3) is 4.19. The van der Waals surface area contributed by atoms with Crippen molar-refractivity contribution in [1.82, 2.24) is 39.5 Å². The first-order valence-electron chi connectivity index (χ1n) is 11.4. The molecule has 0 amide bonds. The molecule has 13 heteroatoms. The number of thiophene rings is 1. The maximum Gasteiger partial charge on any atom is 0.163 e. The molecular weight excluding hydrogens is 512 g/mol. The van der Waals surface area contributed by atoms with Crippen LogP contribution in [-0.4, -0.2) is 46.1 Å². The van der Waals surface area contributed by atoms with Crippen LogP contribution in [0.25, 0.3) is 43.9 Å². The van der Waals surface area contributed by atoms with Crippen molar-refractivity contribution in [3.8, 4) is 27.6 Å². The topological polar surface area (TPSA) is 148 Å². The molecule has 5 aromatic heterocycles. The Morgan fingerprint density at radius 1 is 0.919 bits per heavy atom. The fourth-order valence-electron chi connectivity index (χ4n) is 4.25. The van der Waals surface area contributed by atoms with Crippen LogP contribution in [0, 0.1) is 0 Å². The first kappa shape index (κ1) is 23.1. The van der Waals surface area contributed by atoms with Crippen LogP contribution in [0.2, 0.25) is 4.34 Å². The minimum Gasteiger partial charge on any atom is -0.494 e. The lowest BCUT2D eigenvalue weighted by atomic mass is 10.1. The summed E-state index contributed by atoms with van der Waals surface area (Å²) in [4.78, 5) is 17.9. The van der Waals surface area contributed by atoms with Crippen molar-refractivity contribution in [3.63, 3.8) is 0 Å². The monoisotopic (exact) mass is 532 g/mol. The Morgan fingerprint density at radius 2 is 1.68 bits per heavy atom. The molecule has 6 rings (SSSR count). The van der Waals surface area contributed by atoms with Crippen molar-refractivity contribution in [3.05, 3.63) is 53.4 Å². The predicted octanol–water partition coefficient (Wildman–Crippen LogP) is 4.19. The van der Waals surface area contributed by atoms with Gasteiger partial charge in [-0.3, -0.25) is 0 Å². The normalized spacial score (nSPS) is 11.5. The molecule has 0 radical (unpaired) electrons. The largest absolute Gasteiger partial charge is 0.494 e. The number of benzene rings is 1. The van der Waals surface area contributed by atoms with E-state index in [9.17, 15) is 0 Å². The number of nitrogens with zero attached hydrogens (tertiary/aromatic N) is 8. The molecule has 0 aliphatic rings. The summed E-state index contributed by atoms with van der Waals surface area (Å²) < 4.78 is 10.3. The summed E-state index contributed by atoms with van der Waals surface area (Å²) in [6, 6.07) is 11.5. The molecule has 0 saturated carbocycles.